The number of urea groups is 1. The minimum atomic E-state index is -1.12. The van der Waals surface area contributed by atoms with Crippen molar-refractivity contribution in [3.05, 3.63) is 0 Å². The van der Waals surface area contributed by atoms with Crippen LogP contribution in [0.3, 0.4) is 0 Å². The van der Waals surface area contributed by atoms with Gasteiger partial charge >= 0.3 is 12.0 Å². The van der Waals surface area contributed by atoms with E-state index in [-0.39, 0.29) is 13.0 Å². The van der Waals surface area contributed by atoms with Crippen molar-refractivity contribution in [3.63, 3.8) is 0 Å². The molecule has 0 aromatic heterocycles. The number of nitrogens with zero attached hydrogens (tertiary/aromatic N) is 1. The third-order valence-electron chi connectivity index (χ3n) is 2.73. The Hall–Kier alpha value is -1.74. The van der Waals surface area contributed by atoms with Gasteiger partial charge in [-0.3, -0.25) is 0 Å². The fourth-order valence-electron chi connectivity index (χ4n) is 1.77. The first-order chi connectivity index (χ1) is 7.99. The van der Waals surface area contributed by atoms with Crippen molar-refractivity contribution in [2.45, 2.75) is 38.0 Å². The quantitative estimate of drug-likeness (QED) is 0.587. The smallest absolute Gasteiger partial charge is 0.326 e. The molecule has 1 aliphatic rings. The number of carbonyl (C=O) groups is 2. The summed E-state index contributed by atoms with van der Waals surface area (Å²) in [5, 5.41) is 20.9. The van der Waals surface area contributed by atoms with Gasteiger partial charge in [-0.2, -0.15) is 0 Å². The summed E-state index contributed by atoms with van der Waals surface area (Å²) in [7, 11) is 0. The molecule has 1 rings (SSSR count). The minimum Gasteiger partial charge on any atom is -0.480 e. The lowest BCUT2D eigenvalue weighted by molar-refractivity contribution is -0.141. The second-order valence-corrected chi connectivity index (χ2v) is 3.97. The van der Waals surface area contributed by atoms with Crippen molar-refractivity contribution in [1.82, 2.24) is 10.2 Å². The highest BCUT2D eigenvalue weighted by Gasteiger charge is 2.39. The maximum Gasteiger partial charge on any atom is 0.326 e. The number of aliphatic carboxylic acids is 1. The van der Waals surface area contributed by atoms with E-state index in [1.807, 2.05) is 6.92 Å². The molecule has 0 spiro atoms. The molecule has 0 saturated carbocycles. The summed E-state index contributed by atoms with van der Waals surface area (Å²) in [4.78, 5) is 23.8. The summed E-state index contributed by atoms with van der Waals surface area (Å²) in [5.41, 5.74) is 0. The average molecular weight is 240 g/mol. The lowest BCUT2D eigenvalue weighted by atomic mass is 10.2. The molecular weight excluding hydrogens is 224 g/mol. The molecule has 1 heterocycles. The number of β-amino-alcohol motifs (C(OH)–C–C–N with tert-alkyl or cyclic N) is 1. The molecule has 94 valence electrons. The Bertz CT molecular complexity index is 350. The van der Waals surface area contributed by atoms with Gasteiger partial charge in [-0.25, -0.2) is 9.59 Å². The zero-order chi connectivity index (χ0) is 13.0. The van der Waals surface area contributed by atoms with E-state index in [0.717, 1.165) is 4.90 Å². The average Bonchev–Trinajstić information content (AvgIpc) is 2.68. The standard InChI is InChI=1S/C11H16N2O4/c1-3-7(4-2)12-11(17)13-6-8(14)5-9(13)10(15)16/h1,7-9,14H,4-6H2,2H3,(H,12,17)(H,15,16). The van der Waals surface area contributed by atoms with Gasteiger partial charge in [-0.05, 0) is 6.42 Å². The monoisotopic (exact) mass is 240 g/mol. The number of likely N-dealkylation sites (tertiary alicyclic amines) is 1. The van der Waals surface area contributed by atoms with Crippen LogP contribution in [0, 0.1) is 12.3 Å². The van der Waals surface area contributed by atoms with Crippen molar-refractivity contribution in [2.24, 2.45) is 0 Å². The van der Waals surface area contributed by atoms with Crippen LogP contribution in [0.25, 0.3) is 0 Å². The van der Waals surface area contributed by atoms with Gasteiger partial charge in [-0.15, -0.1) is 6.42 Å². The normalized spacial score (nSPS) is 25.1. The topological polar surface area (TPSA) is 89.9 Å². The van der Waals surface area contributed by atoms with Crippen LogP contribution in [0.5, 0.6) is 0 Å². The molecule has 6 nitrogen and oxygen atoms in total. The van der Waals surface area contributed by atoms with E-state index in [1.165, 1.54) is 0 Å². The van der Waals surface area contributed by atoms with Crippen molar-refractivity contribution in [3.8, 4) is 12.3 Å². The van der Waals surface area contributed by atoms with Gasteiger partial charge in [0, 0.05) is 13.0 Å². The van der Waals surface area contributed by atoms with Crippen LogP contribution in [0.1, 0.15) is 19.8 Å². The van der Waals surface area contributed by atoms with Crippen LogP contribution < -0.4 is 5.32 Å². The van der Waals surface area contributed by atoms with Gasteiger partial charge in [0.1, 0.15) is 6.04 Å². The number of aliphatic hydroxyl groups is 1. The Morgan fingerprint density at radius 3 is 2.76 bits per heavy atom. The third-order valence-corrected chi connectivity index (χ3v) is 2.73. The van der Waals surface area contributed by atoms with Gasteiger partial charge in [0.2, 0.25) is 0 Å². The molecule has 17 heavy (non-hydrogen) atoms. The number of hydrogen-bond donors (Lipinski definition) is 3. The molecule has 0 bridgehead atoms. The first kappa shape index (κ1) is 13.3. The SMILES string of the molecule is C#CC(CC)NC(=O)N1CC(O)CC1C(=O)O. The van der Waals surface area contributed by atoms with Gasteiger partial charge < -0.3 is 20.4 Å². The fraction of sp³-hybridized carbons (Fsp3) is 0.636. The molecule has 0 radical (unpaired) electrons. The zero-order valence-electron chi connectivity index (χ0n) is 9.59. The Balaban J connectivity index is 2.68. The molecule has 3 N–H and O–H groups in total. The number of amides is 2. The molecule has 3 unspecified atom stereocenters. The third kappa shape index (κ3) is 3.11. The van der Waals surface area contributed by atoms with Crippen molar-refractivity contribution in [2.75, 3.05) is 6.54 Å². The lowest BCUT2D eigenvalue weighted by Gasteiger charge is -2.23. The van der Waals surface area contributed by atoms with Crippen LogP contribution in [-0.2, 0) is 4.79 Å². The second-order valence-electron chi connectivity index (χ2n) is 3.97. The Morgan fingerprint density at radius 1 is 1.65 bits per heavy atom. The van der Waals surface area contributed by atoms with E-state index in [1.54, 1.807) is 0 Å². The molecule has 1 saturated heterocycles. The number of rotatable bonds is 3. The molecule has 2 amide bonds. The van der Waals surface area contributed by atoms with E-state index >= 15 is 0 Å². The van der Waals surface area contributed by atoms with Crippen molar-refractivity contribution < 1.29 is 19.8 Å². The van der Waals surface area contributed by atoms with Crippen LogP contribution in [-0.4, -0.2) is 51.8 Å². The summed E-state index contributed by atoms with van der Waals surface area (Å²) < 4.78 is 0. The molecule has 3 atom stereocenters. The summed E-state index contributed by atoms with van der Waals surface area (Å²) in [6, 6.07) is -1.95. The largest absolute Gasteiger partial charge is 0.480 e. The van der Waals surface area contributed by atoms with Crippen molar-refractivity contribution in [1.29, 1.82) is 0 Å². The highest BCUT2D eigenvalue weighted by Crippen LogP contribution is 2.18. The van der Waals surface area contributed by atoms with E-state index in [4.69, 9.17) is 11.5 Å². The molecule has 6 heteroatoms. The number of carboxylic acids is 1. The van der Waals surface area contributed by atoms with E-state index in [2.05, 4.69) is 11.2 Å². The van der Waals surface area contributed by atoms with E-state index < -0.39 is 30.2 Å². The summed E-state index contributed by atoms with van der Waals surface area (Å²) >= 11 is 0. The highest BCUT2D eigenvalue weighted by atomic mass is 16.4. The lowest BCUT2D eigenvalue weighted by Crippen LogP contribution is -2.48. The van der Waals surface area contributed by atoms with Gasteiger partial charge in [0.25, 0.3) is 0 Å². The van der Waals surface area contributed by atoms with Crippen molar-refractivity contribution >= 4 is 12.0 Å². The summed E-state index contributed by atoms with van der Waals surface area (Å²) in [6.45, 7) is 1.84. The molecule has 1 aliphatic heterocycles. The number of carbonyl (C=O) groups excluding carboxylic acids is 1. The van der Waals surface area contributed by atoms with Crippen LogP contribution in [0.15, 0.2) is 0 Å². The van der Waals surface area contributed by atoms with Crippen LogP contribution in [0.2, 0.25) is 0 Å². The summed E-state index contributed by atoms with van der Waals surface area (Å²) in [6.07, 6.45) is 5.02. The number of carboxylic acid groups (broad SMARTS) is 1. The fourth-order valence-corrected chi connectivity index (χ4v) is 1.77. The number of terminal acetylenes is 1. The molecule has 0 aromatic carbocycles. The molecular formula is C11H16N2O4. The highest BCUT2D eigenvalue weighted by molar-refractivity contribution is 5.83. The van der Waals surface area contributed by atoms with Crippen LogP contribution in [0.4, 0.5) is 4.79 Å². The van der Waals surface area contributed by atoms with E-state index in [0.29, 0.717) is 6.42 Å². The van der Waals surface area contributed by atoms with Gasteiger partial charge in [-0.1, -0.05) is 12.8 Å². The molecule has 0 aliphatic carbocycles. The maximum absolute atomic E-state index is 11.8. The van der Waals surface area contributed by atoms with Gasteiger partial charge in [0.05, 0.1) is 12.1 Å². The maximum atomic E-state index is 11.8. The zero-order valence-corrected chi connectivity index (χ0v) is 9.59. The second kappa shape index (κ2) is 5.55. The Labute approximate surface area is 99.6 Å². The number of nitrogens with one attached hydrogen (secondary N) is 1. The van der Waals surface area contributed by atoms with E-state index in [9.17, 15) is 14.7 Å². The number of aliphatic hydroxyl groups excluding tert-OH is 1. The minimum absolute atomic E-state index is 0.0177. The predicted octanol–water partition coefficient (Wildman–Crippen LogP) is -0.372. The first-order valence-electron chi connectivity index (χ1n) is 5.43. The Morgan fingerprint density at radius 2 is 2.29 bits per heavy atom. The first-order valence-corrected chi connectivity index (χ1v) is 5.43. The summed E-state index contributed by atoms with van der Waals surface area (Å²) in [5.74, 6) is 1.27. The molecule has 0 aromatic rings. The van der Waals surface area contributed by atoms with Gasteiger partial charge in [0.15, 0.2) is 0 Å². The van der Waals surface area contributed by atoms with Crippen LogP contribution >= 0.6 is 0 Å². The Kier molecular flexibility index (Phi) is 4.35. The molecule has 1 fully saturated rings. The number of hydrogen-bond acceptors (Lipinski definition) is 3. The predicted molar refractivity (Wildman–Crippen MR) is 60.2 cm³/mol.